The molecule has 0 spiro atoms. The van der Waals surface area contributed by atoms with Crippen molar-refractivity contribution < 1.29 is 14.6 Å². The molecule has 0 radical (unpaired) electrons. The first-order valence-electron chi connectivity index (χ1n) is 6.39. The molecule has 0 saturated heterocycles. The zero-order chi connectivity index (χ0) is 13.5. The summed E-state index contributed by atoms with van der Waals surface area (Å²) in [5.41, 5.74) is 1.79. The number of hydrogen-bond donors (Lipinski definition) is 1. The minimum absolute atomic E-state index is 0.0193. The fraction of sp³-hybridized carbons (Fsp3) is 0.533. The Morgan fingerprint density at radius 1 is 1.22 bits per heavy atom. The normalized spacial score (nSPS) is 12.5. The number of hydrogen-bond acceptors (Lipinski definition) is 3. The Bertz CT molecular complexity index is 368. The minimum atomic E-state index is -0.327. The van der Waals surface area contributed by atoms with Gasteiger partial charge in [-0.1, -0.05) is 32.9 Å². The summed E-state index contributed by atoms with van der Waals surface area (Å²) in [5, 5.41) is 8.85. The molecule has 0 amide bonds. The van der Waals surface area contributed by atoms with E-state index in [-0.39, 0.29) is 25.1 Å². The van der Waals surface area contributed by atoms with Gasteiger partial charge in [0.15, 0.2) is 0 Å². The summed E-state index contributed by atoms with van der Waals surface area (Å²) in [5.74, 6) is 0.258. The van der Waals surface area contributed by atoms with Crippen LogP contribution in [0.15, 0.2) is 24.3 Å². The Balaban J connectivity index is 2.53. The lowest BCUT2D eigenvalue weighted by Crippen LogP contribution is -2.14. The first-order chi connectivity index (χ1) is 8.52. The summed E-state index contributed by atoms with van der Waals surface area (Å²) in [7, 11) is 0. The molecule has 0 aliphatic rings. The highest BCUT2D eigenvalue weighted by atomic mass is 16.5. The molecular weight excluding hydrogens is 228 g/mol. The Morgan fingerprint density at radius 3 is 2.33 bits per heavy atom. The molecule has 0 fully saturated rings. The maximum absolute atomic E-state index is 11.7. The second-order valence-electron chi connectivity index (χ2n) is 5.18. The van der Waals surface area contributed by atoms with Crippen LogP contribution in [0.5, 0.6) is 0 Å². The van der Waals surface area contributed by atoms with Gasteiger partial charge in [-0.25, -0.2) is 4.79 Å². The number of aliphatic hydroxyl groups is 1. The van der Waals surface area contributed by atoms with Crippen molar-refractivity contribution in [2.45, 2.75) is 27.2 Å². The van der Waals surface area contributed by atoms with Gasteiger partial charge < -0.3 is 9.84 Å². The van der Waals surface area contributed by atoms with E-state index >= 15 is 0 Å². The van der Waals surface area contributed by atoms with Crippen molar-refractivity contribution in [2.24, 2.45) is 11.8 Å². The van der Waals surface area contributed by atoms with Crippen LogP contribution in [-0.2, 0) is 11.2 Å². The molecule has 1 atom stereocenters. The molecule has 1 aromatic carbocycles. The van der Waals surface area contributed by atoms with Gasteiger partial charge in [0.1, 0.15) is 0 Å². The average Bonchev–Trinajstić information content (AvgIpc) is 2.35. The van der Waals surface area contributed by atoms with Crippen molar-refractivity contribution in [3.63, 3.8) is 0 Å². The van der Waals surface area contributed by atoms with Gasteiger partial charge in [-0.05, 0) is 30.0 Å². The minimum Gasteiger partial charge on any atom is -0.462 e. The fourth-order valence-corrected chi connectivity index (χ4v) is 1.60. The molecular formula is C15H22O3. The predicted molar refractivity (Wildman–Crippen MR) is 71.5 cm³/mol. The van der Waals surface area contributed by atoms with Gasteiger partial charge in [0.2, 0.25) is 0 Å². The molecule has 0 aromatic heterocycles. The first kappa shape index (κ1) is 14.7. The van der Waals surface area contributed by atoms with Gasteiger partial charge in [0.05, 0.1) is 12.2 Å². The van der Waals surface area contributed by atoms with Crippen molar-refractivity contribution in [2.75, 3.05) is 13.2 Å². The lowest BCUT2D eigenvalue weighted by atomic mass is 10.0. The predicted octanol–water partition coefficient (Wildman–Crippen LogP) is 2.67. The highest BCUT2D eigenvalue weighted by Gasteiger charge is 2.09. The summed E-state index contributed by atoms with van der Waals surface area (Å²) < 4.78 is 5.10. The Morgan fingerprint density at radius 2 is 1.83 bits per heavy atom. The van der Waals surface area contributed by atoms with Gasteiger partial charge in [0.25, 0.3) is 0 Å². The molecule has 1 rings (SSSR count). The maximum Gasteiger partial charge on any atom is 0.338 e. The standard InChI is InChI=1S/C15H22O3/c1-11(2)8-13-4-6-14(7-5-13)15(17)18-10-12(3)9-16/h4-7,11-12,16H,8-10H2,1-3H3. The van der Waals surface area contributed by atoms with E-state index in [1.807, 2.05) is 19.1 Å². The molecule has 18 heavy (non-hydrogen) atoms. The van der Waals surface area contributed by atoms with Gasteiger partial charge in [-0.3, -0.25) is 0 Å². The third-order valence-electron chi connectivity index (χ3n) is 2.64. The van der Waals surface area contributed by atoms with Crippen LogP contribution in [0.3, 0.4) is 0 Å². The smallest absolute Gasteiger partial charge is 0.338 e. The quantitative estimate of drug-likeness (QED) is 0.790. The highest BCUT2D eigenvalue weighted by Crippen LogP contribution is 2.11. The molecule has 0 aliphatic heterocycles. The van der Waals surface area contributed by atoms with Gasteiger partial charge in [-0.2, -0.15) is 0 Å². The molecule has 0 aliphatic carbocycles. The van der Waals surface area contributed by atoms with E-state index in [4.69, 9.17) is 9.84 Å². The monoisotopic (exact) mass is 250 g/mol. The van der Waals surface area contributed by atoms with Gasteiger partial charge >= 0.3 is 5.97 Å². The lowest BCUT2D eigenvalue weighted by Gasteiger charge is -2.10. The number of carbonyl (C=O) groups is 1. The summed E-state index contributed by atoms with van der Waals surface area (Å²) >= 11 is 0. The number of benzene rings is 1. The summed E-state index contributed by atoms with van der Waals surface area (Å²) in [4.78, 5) is 11.7. The van der Waals surface area contributed by atoms with Crippen molar-refractivity contribution >= 4 is 5.97 Å². The largest absolute Gasteiger partial charge is 0.462 e. The molecule has 0 saturated carbocycles. The zero-order valence-corrected chi connectivity index (χ0v) is 11.3. The van der Waals surface area contributed by atoms with Gasteiger partial charge in [-0.15, -0.1) is 0 Å². The third kappa shape index (κ3) is 4.88. The highest BCUT2D eigenvalue weighted by molar-refractivity contribution is 5.89. The van der Waals surface area contributed by atoms with Crippen LogP contribution in [0.2, 0.25) is 0 Å². The van der Waals surface area contributed by atoms with Crippen LogP contribution >= 0.6 is 0 Å². The topological polar surface area (TPSA) is 46.5 Å². The van der Waals surface area contributed by atoms with E-state index in [0.29, 0.717) is 11.5 Å². The number of carbonyl (C=O) groups excluding carboxylic acids is 1. The van der Waals surface area contributed by atoms with Crippen LogP contribution in [0.25, 0.3) is 0 Å². The van der Waals surface area contributed by atoms with Crippen molar-refractivity contribution in [3.8, 4) is 0 Å². The zero-order valence-electron chi connectivity index (χ0n) is 11.3. The molecule has 1 unspecified atom stereocenters. The SMILES string of the molecule is CC(C)Cc1ccc(C(=O)OCC(C)CO)cc1. The lowest BCUT2D eigenvalue weighted by molar-refractivity contribution is 0.0405. The van der Waals surface area contributed by atoms with E-state index in [2.05, 4.69) is 13.8 Å². The van der Waals surface area contributed by atoms with Crippen molar-refractivity contribution in [1.82, 2.24) is 0 Å². The van der Waals surface area contributed by atoms with E-state index in [1.54, 1.807) is 12.1 Å². The Hall–Kier alpha value is -1.35. The molecule has 100 valence electrons. The van der Waals surface area contributed by atoms with E-state index in [1.165, 1.54) is 5.56 Å². The van der Waals surface area contributed by atoms with Crippen LogP contribution < -0.4 is 0 Å². The Kier molecular flexibility index (Phi) is 5.86. The second kappa shape index (κ2) is 7.17. The van der Waals surface area contributed by atoms with Crippen LogP contribution in [0, 0.1) is 11.8 Å². The fourth-order valence-electron chi connectivity index (χ4n) is 1.60. The van der Waals surface area contributed by atoms with Crippen LogP contribution in [0.1, 0.15) is 36.7 Å². The average molecular weight is 250 g/mol. The molecule has 1 N–H and O–H groups in total. The number of esters is 1. The number of rotatable bonds is 6. The van der Waals surface area contributed by atoms with Crippen LogP contribution in [0.4, 0.5) is 0 Å². The molecule has 0 bridgehead atoms. The van der Waals surface area contributed by atoms with Crippen LogP contribution in [-0.4, -0.2) is 24.3 Å². The van der Waals surface area contributed by atoms with E-state index in [0.717, 1.165) is 6.42 Å². The number of ether oxygens (including phenoxy) is 1. The van der Waals surface area contributed by atoms with Crippen molar-refractivity contribution in [1.29, 1.82) is 0 Å². The van der Waals surface area contributed by atoms with E-state index < -0.39 is 0 Å². The maximum atomic E-state index is 11.7. The summed E-state index contributed by atoms with van der Waals surface area (Å²) in [6.45, 7) is 6.44. The van der Waals surface area contributed by atoms with Crippen molar-refractivity contribution in [3.05, 3.63) is 35.4 Å². The van der Waals surface area contributed by atoms with Gasteiger partial charge in [0, 0.05) is 12.5 Å². The molecule has 0 heterocycles. The first-order valence-corrected chi connectivity index (χ1v) is 6.39. The summed E-state index contributed by atoms with van der Waals surface area (Å²) in [6, 6.07) is 7.52. The number of aliphatic hydroxyl groups excluding tert-OH is 1. The summed E-state index contributed by atoms with van der Waals surface area (Å²) in [6.07, 6.45) is 1.01. The molecule has 1 aromatic rings. The second-order valence-corrected chi connectivity index (χ2v) is 5.18. The van der Waals surface area contributed by atoms with E-state index in [9.17, 15) is 4.79 Å². The molecule has 3 nitrogen and oxygen atoms in total. The molecule has 3 heteroatoms. The third-order valence-corrected chi connectivity index (χ3v) is 2.64. The Labute approximate surface area is 109 Å².